The van der Waals surface area contributed by atoms with Gasteiger partial charge in [0.25, 0.3) is 5.91 Å². The number of carbonyl (C=O) groups is 2. The fourth-order valence-corrected chi connectivity index (χ4v) is 2.36. The van der Waals surface area contributed by atoms with Gasteiger partial charge in [0, 0.05) is 24.3 Å². The molecular formula is C19H31N3O3. The number of rotatable bonds is 8. The van der Waals surface area contributed by atoms with Gasteiger partial charge >= 0.3 is 6.09 Å². The summed E-state index contributed by atoms with van der Waals surface area (Å²) in [7, 11) is 0. The van der Waals surface area contributed by atoms with Crippen LogP contribution in [0.3, 0.4) is 0 Å². The van der Waals surface area contributed by atoms with E-state index in [0.29, 0.717) is 24.3 Å². The first-order chi connectivity index (χ1) is 11.7. The first-order valence-electron chi connectivity index (χ1n) is 8.86. The third-order valence-electron chi connectivity index (χ3n) is 3.56. The number of nitrogens with two attached hydrogens (primary N) is 1. The van der Waals surface area contributed by atoms with E-state index in [0.717, 1.165) is 31.2 Å². The van der Waals surface area contributed by atoms with Crippen LogP contribution in [0.1, 0.15) is 62.9 Å². The van der Waals surface area contributed by atoms with Gasteiger partial charge in [0.05, 0.1) is 0 Å². The van der Waals surface area contributed by atoms with Crippen molar-refractivity contribution in [1.82, 2.24) is 10.6 Å². The molecule has 0 aliphatic carbocycles. The van der Waals surface area contributed by atoms with Crippen LogP contribution < -0.4 is 16.4 Å². The minimum absolute atomic E-state index is 0.0660. The van der Waals surface area contributed by atoms with Crippen molar-refractivity contribution in [3.05, 3.63) is 29.3 Å². The molecule has 0 aromatic heterocycles. The number of amides is 2. The second kappa shape index (κ2) is 9.91. The lowest BCUT2D eigenvalue weighted by molar-refractivity contribution is 0.0527. The molecule has 1 aromatic rings. The minimum Gasteiger partial charge on any atom is -0.444 e. The van der Waals surface area contributed by atoms with E-state index in [9.17, 15) is 9.59 Å². The summed E-state index contributed by atoms with van der Waals surface area (Å²) >= 11 is 0. The number of ether oxygens (including phenoxy) is 1. The zero-order chi connectivity index (χ0) is 18.9. The number of nitrogen functional groups attached to an aromatic ring is 1. The van der Waals surface area contributed by atoms with Crippen LogP contribution in [0.5, 0.6) is 0 Å². The van der Waals surface area contributed by atoms with Crippen LogP contribution >= 0.6 is 0 Å². The Morgan fingerprint density at radius 2 is 1.72 bits per heavy atom. The van der Waals surface area contributed by atoms with Gasteiger partial charge < -0.3 is 21.1 Å². The van der Waals surface area contributed by atoms with Crippen molar-refractivity contribution in [3.63, 3.8) is 0 Å². The molecule has 0 saturated carbocycles. The molecule has 1 aromatic carbocycles. The predicted molar refractivity (Wildman–Crippen MR) is 101 cm³/mol. The van der Waals surface area contributed by atoms with E-state index in [1.807, 2.05) is 33.8 Å². The number of alkyl carbamates (subject to hydrolysis) is 1. The van der Waals surface area contributed by atoms with E-state index in [2.05, 4.69) is 10.6 Å². The van der Waals surface area contributed by atoms with E-state index in [1.165, 1.54) is 0 Å². The molecule has 0 heterocycles. The third-order valence-corrected chi connectivity index (χ3v) is 3.56. The van der Waals surface area contributed by atoms with Crippen LogP contribution in [0.25, 0.3) is 0 Å². The minimum atomic E-state index is -0.478. The lowest BCUT2D eigenvalue weighted by Gasteiger charge is -2.19. The van der Waals surface area contributed by atoms with Gasteiger partial charge in [0.15, 0.2) is 0 Å². The van der Waals surface area contributed by atoms with Gasteiger partial charge in [-0.15, -0.1) is 0 Å². The Labute approximate surface area is 150 Å². The smallest absolute Gasteiger partial charge is 0.407 e. The summed E-state index contributed by atoms with van der Waals surface area (Å²) in [5.74, 6) is -0.0660. The molecule has 1 rings (SSSR count). The quantitative estimate of drug-likeness (QED) is 0.496. The molecule has 0 aliphatic heterocycles. The zero-order valence-electron chi connectivity index (χ0n) is 15.8. The molecular weight excluding hydrogens is 318 g/mol. The maximum Gasteiger partial charge on any atom is 0.407 e. The number of anilines is 1. The van der Waals surface area contributed by atoms with E-state index in [4.69, 9.17) is 10.5 Å². The Kier molecular flexibility index (Phi) is 8.25. The SMILES string of the molecule is CCc1cc(N)ccc1C(=O)NCCCCCNC(=O)OC(C)(C)C. The Hall–Kier alpha value is -2.24. The number of nitrogens with one attached hydrogen (secondary N) is 2. The average molecular weight is 349 g/mol. The lowest BCUT2D eigenvalue weighted by atomic mass is 10.0. The standard InChI is InChI=1S/C19H31N3O3/c1-5-14-13-15(20)9-10-16(14)17(23)21-11-7-6-8-12-22-18(24)25-19(2,3)4/h9-10,13H,5-8,11-12,20H2,1-4H3,(H,21,23)(H,22,24). The van der Waals surface area contributed by atoms with Crippen LogP contribution in [0, 0.1) is 0 Å². The second-order valence-electron chi connectivity index (χ2n) is 7.02. The van der Waals surface area contributed by atoms with Crippen molar-refractivity contribution in [2.75, 3.05) is 18.8 Å². The number of unbranched alkanes of at least 4 members (excludes halogenated alkanes) is 2. The monoisotopic (exact) mass is 349 g/mol. The Balaban J connectivity index is 2.20. The van der Waals surface area contributed by atoms with E-state index in [-0.39, 0.29) is 5.91 Å². The Morgan fingerprint density at radius 1 is 1.08 bits per heavy atom. The molecule has 0 saturated heterocycles. The van der Waals surface area contributed by atoms with Gasteiger partial charge in [-0.3, -0.25) is 4.79 Å². The van der Waals surface area contributed by atoms with Crippen LogP contribution in [0.4, 0.5) is 10.5 Å². The average Bonchev–Trinajstić information content (AvgIpc) is 2.51. The Morgan fingerprint density at radius 3 is 2.32 bits per heavy atom. The molecule has 6 nitrogen and oxygen atoms in total. The van der Waals surface area contributed by atoms with Crippen LogP contribution in [0.2, 0.25) is 0 Å². The predicted octanol–water partition coefficient (Wildman–Crippen LogP) is 3.26. The molecule has 0 bridgehead atoms. The summed E-state index contributed by atoms with van der Waals surface area (Å²) in [5.41, 5.74) is 7.59. The largest absolute Gasteiger partial charge is 0.444 e. The molecule has 0 unspecified atom stereocenters. The summed E-state index contributed by atoms with van der Waals surface area (Å²) in [6.45, 7) is 8.68. The van der Waals surface area contributed by atoms with Crippen molar-refractivity contribution in [3.8, 4) is 0 Å². The van der Waals surface area contributed by atoms with Gasteiger partial charge in [-0.05, 0) is 70.2 Å². The highest BCUT2D eigenvalue weighted by Crippen LogP contribution is 2.14. The molecule has 4 N–H and O–H groups in total. The molecule has 0 aliphatic rings. The summed E-state index contributed by atoms with van der Waals surface area (Å²) in [6, 6.07) is 5.36. The fraction of sp³-hybridized carbons (Fsp3) is 0.579. The van der Waals surface area contributed by atoms with Gasteiger partial charge in [-0.25, -0.2) is 4.79 Å². The second-order valence-corrected chi connectivity index (χ2v) is 7.02. The van der Waals surface area contributed by atoms with E-state index >= 15 is 0 Å². The summed E-state index contributed by atoms with van der Waals surface area (Å²) in [6.07, 6.45) is 2.99. The molecule has 0 fully saturated rings. The molecule has 25 heavy (non-hydrogen) atoms. The highest BCUT2D eigenvalue weighted by Gasteiger charge is 2.15. The van der Waals surface area contributed by atoms with Crippen molar-refractivity contribution in [1.29, 1.82) is 0 Å². The van der Waals surface area contributed by atoms with E-state index < -0.39 is 11.7 Å². The van der Waals surface area contributed by atoms with Crippen molar-refractivity contribution in [2.45, 2.75) is 59.0 Å². The maximum absolute atomic E-state index is 12.2. The molecule has 140 valence electrons. The van der Waals surface area contributed by atoms with Crippen LogP contribution in [-0.2, 0) is 11.2 Å². The number of hydrogen-bond donors (Lipinski definition) is 3. The van der Waals surface area contributed by atoms with Gasteiger partial charge in [0.1, 0.15) is 5.60 Å². The van der Waals surface area contributed by atoms with Crippen molar-refractivity contribution in [2.24, 2.45) is 0 Å². The zero-order valence-corrected chi connectivity index (χ0v) is 15.8. The van der Waals surface area contributed by atoms with E-state index in [1.54, 1.807) is 12.1 Å². The summed E-state index contributed by atoms with van der Waals surface area (Å²) in [4.78, 5) is 23.7. The van der Waals surface area contributed by atoms with Gasteiger partial charge in [-0.2, -0.15) is 0 Å². The normalized spacial score (nSPS) is 11.0. The third kappa shape index (κ3) is 8.42. The highest BCUT2D eigenvalue weighted by molar-refractivity contribution is 5.96. The number of aryl methyl sites for hydroxylation is 1. The highest BCUT2D eigenvalue weighted by atomic mass is 16.6. The number of carbonyl (C=O) groups excluding carboxylic acids is 2. The fourth-order valence-electron chi connectivity index (χ4n) is 2.36. The Bertz CT molecular complexity index is 580. The molecule has 2 amide bonds. The topological polar surface area (TPSA) is 93.5 Å². The lowest BCUT2D eigenvalue weighted by Crippen LogP contribution is -2.33. The molecule has 0 atom stereocenters. The molecule has 6 heteroatoms. The van der Waals surface area contributed by atoms with Gasteiger partial charge in [-0.1, -0.05) is 6.92 Å². The molecule has 0 spiro atoms. The van der Waals surface area contributed by atoms with Crippen LogP contribution in [0.15, 0.2) is 18.2 Å². The summed E-state index contributed by atoms with van der Waals surface area (Å²) < 4.78 is 5.16. The van der Waals surface area contributed by atoms with Gasteiger partial charge in [0.2, 0.25) is 0 Å². The first kappa shape index (κ1) is 20.8. The van der Waals surface area contributed by atoms with Crippen molar-refractivity contribution < 1.29 is 14.3 Å². The van der Waals surface area contributed by atoms with Crippen molar-refractivity contribution >= 4 is 17.7 Å². The molecule has 0 radical (unpaired) electrons. The summed E-state index contributed by atoms with van der Waals surface area (Å²) in [5, 5.41) is 5.66. The number of hydrogen-bond acceptors (Lipinski definition) is 4. The van der Waals surface area contributed by atoms with Crippen LogP contribution in [-0.4, -0.2) is 30.7 Å². The number of benzene rings is 1. The maximum atomic E-state index is 12.2. The first-order valence-corrected chi connectivity index (χ1v) is 8.86.